The smallest absolute Gasteiger partial charge is 0.161 e. The molecule has 0 aromatic heterocycles. The summed E-state index contributed by atoms with van der Waals surface area (Å²) in [6.45, 7) is 8.13. The lowest BCUT2D eigenvalue weighted by atomic mass is 10.1. The molecule has 0 amide bonds. The second-order valence-corrected chi connectivity index (χ2v) is 3.94. The van der Waals surface area contributed by atoms with Crippen molar-refractivity contribution in [2.24, 2.45) is 5.73 Å². The molecule has 2 N–H and O–H groups in total. The Bertz CT molecular complexity index is 372. The minimum Gasteiger partial charge on any atom is -0.493 e. The van der Waals surface area contributed by atoms with Crippen molar-refractivity contribution in [1.82, 2.24) is 0 Å². The van der Waals surface area contributed by atoms with Crippen molar-refractivity contribution < 1.29 is 9.47 Å². The zero-order valence-electron chi connectivity index (χ0n) is 10.1. The molecule has 3 nitrogen and oxygen atoms in total. The van der Waals surface area contributed by atoms with E-state index in [0.717, 1.165) is 16.9 Å². The first-order chi connectivity index (χ1) is 7.54. The highest BCUT2D eigenvalue weighted by molar-refractivity contribution is 5.43. The molecule has 1 aromatic rings. The lowest BCUT2D eigenvalue weighted by Crippen LogP contribution is -2.06. The molecule has 1 atom stereocenters. The number of hydrogen-bond acceptors (Lipinski definition) is 3. The van der Waals surface area contributed by atoms with E-state index in [1.807, 2.05) is 32.0 Å². The van der Waals surface area contributed by atoms with Crippen LogP contribution in [0.4, 0.5) is 0 Å². The van der Waals surface area contributed by atoms with Crippen LogP contribution in [0.25, 0.3) is 0 Å². The monoisotopic (exact) mass is 221 g/mol. The standard InChI is InChI=1S/C13H19NO2/c1-9(2)8-16-12-6-5-11(10(3)14)7-13(12)15-4/h5-7,10H,1,8,14H2,2-4H3/t10-/m0/s1. The molecular formula is C13H19NO2. The predicted molar refractivity (Wildman–Crippen MR) is 65.9 cm³/mol. The van der Waals surface area contributed by atoms with E-state index in [1.165, 1.54) is 0 Å². The van der Waals surface area contributed by atoms with Gasteiger partial charge in [0.15, 0.2) is 11.5 Å². The van der Waals surface area contributed by atoms with Crippen LogP contribution in [0.1, 0.15) is 25.5 Å². The van der Waals surface area contributed by atoms with Gasteiger partial charge in [-0.2, -0.15) is 0 Å². The Labute approximate surface area is 96.9 Å². The molecule has 0 unspecified atom stereocenters. The van der Waals surface area contributed by atoms with Crippen molar-refractivity contribution in [3.8, 4) is 11.5 Å². The molecule has 0 saturated heterocycles. The van der Waals surface area contributed by atoms with Gasteiger partial charge in [-0.05, 0) is 37.1 Å². The lowest BCUT2D eigenvalue weighted by molar-refractivity contribution is 0.319. The van der Waals surface area contributed by atoms with E-state index < -0.39 is 0 Å². The molecular weight excluding hydrogens is 202 g/mol. The van der Waals surface area contributed by atoms with Crippen molar-refractivity contribution >= 4 is 0 Å². The van der Waals surface area contributed by atoms with Gasteiger partial charge in [-0.15, -0.1) is 0 Å². The Balaban J connectivity index is 2.88. The number of ether oxygens (including phenoxy) is 2. The summed E-state index contributed by atoms with van der Waals surface area (Å²) in [4.78, 5) is 0. The zero-order valence-corrected chi connectivity index (χ0v) is 10.1. The summed E-state index contributed by atoms with van der Waals surface area (Å²) in [5.41, 5.74) is 7.80. The van der Waals surface area contributed by atoms with Gasteiger partial charge in [0.25, 0.3) is 0 Å². The second-order valence-electron chi connectivity index (χ2n) is 3.94. The van der Waals surface area contributed by atoms with Gasteiger partial charge in [-0.3, -0.25) is 0 Å². The average molecular weight is 221 g/mol. The van der Waals surface area contributed by atoms with Crippen molar-refractivity contribution in [3.63, 3.8) is 0 Å². The summed E-state index contributed by atoms with van der Waals surface area (Å²) >= 11 is 0. The van der Waals surface area contributed by atoms with Crippen LogP contribution in [-0.4, -0.2) is 13.7 Å². The van der Waals surface area contributed by atoms with E-state index in [2.05, 4.69) is 6.58 Å². The van der Waals surface area contributed by atoms with Crippen molar-refractivity contribution in [3.05, 3.63) is 35.9 Å². The highest BCUT2D eigenvalue weighted by atomic mass is 16.5. The largest absolute Gasteiger partial charge is 0.493 e. The summed E-state index contributed by atoms with van der Waals surface area (Å²) < 4.78 is 10.8. The second kappa shape index (κ2) is 5.56. The Kier molecular flexibility index (Phi) is 4.38. The van der Waals surface area contributed by atoms with Crippen molar-refractivity contribution in [2.75, 3.05) is 13.7 Å². The molecule has 0 radical (unpaired) electrons. The first-order valence-electron chi connectivity index (χ1n) is 5.25. The van der Waals surface area contributed by atoms with E-state index in [1.54, 1.807) is 7.11 Å². The van der Waals surface area contributed by atoms with E-state index in [9.17, 15) is 0 Å². The first-order valence-corrected chi connectivity index (χ1v) is 5.25. The van der Waals surface area contributed by atoms with Crippen LogP contribution < -0.4 is 15.2 Å². The number of nitrogens with two attached hydrogens (primary N) is 1. The average Bonchev–Trinajstić information content (AvgIpc) is 2.25. The third kappa shape index (κ3) is 3.28. The number of benzene rings is 1. The molecule has 88 valence electrons. The zero-order chi connectivity index (χ0) is 12.1. The normalized spacial score (nSPS) is 12.0. The number of methoxy groups -OCH3 is 1. The van der Waals surface area contributed by atoms with Crippen LogP contribution in [0, 0.1) is 0 Å². The fraction of sp³-hybridized carbons (Fsp3) is 0.385. The van der Waals surface area contributed by atoms with Crippen LogP contribution in [0.3, 0.4) is 0 Å². The summed E-state index contributed by atoms with van der Waals surface area (Å²) in [7, 11) is 1.62. The van der Waals surface area contributed by atoms with Crippen LogP contribution in [-0.2, 0) is 0 Å². The Hall–Kier alpha value is -1.48. The van der Waals surface area contributed by atoms with E-state index in [0.29, 0.717) is 12.4 Å². The SMILES string of the molecule is C=C(C)COc1ccc([C@H](C)N)cc1OC. The Morgan fingerprint density at radius 2 is 2.12 bits per heavy atom. The first kappa shape index (κ1) is 12.6. The van der Waals surface area contributed by atoms with Gasteiger partial charge in [0.1, 0.15) is 6.61 Å². The molecule has 0 aliphatic heterocycles. The molecule has 0 bridgehead atoms. The molecule has 1 rings (SSSR count). The molecule has 1 aromatic carbocycles. The van der Waals surface area contributed by atoms with Crippen molar-refractivity contribution in [2.45, 2.75) is 19.9 Å². The predicted octanol–water partition coefficient (Wildman–Crippen LogP) is 2.67. The fourth-order valence-electron chi connectivity index (χ4n) is 1.29. The van der Waals surface area contributed by atoms with Crippen LogP contribution in [0.5, 0.6) is 11.5 Å². The molecule has 0 spiro atoms. The van der Waals surface area contributed by atoms with Gasteiger partial charge in [-0.1, -0.05) is 12.6 Å². The maximum Gasteiger partial charge on any atom is 0.161 e. The molecule has 0 saturated carbocycles. The quantitative estimate of drug-likeness (QED) is 0.777. The van der Waals surface area contributed by atoms with Gasteiger partial charge in [-0.25, -0.2) is 0 Å². The molecule has 3 heteroatoms. The molecule has 0 aliphatic carbocycles. The molecule has 0 heterocycles. The molecule has 16 heavy (non-hydrogen) atoms. The Morgan fingerprint density at radius 3 is 2.62 bits per heavy atom. The maximum absolute atomic E-state index is 5.80. The topological polar surface area (TPSA) is 44.5 Å². The summed E-state index contributed by atoms with van der Waals surface area (Å²) in [5.74, 6) is 1.42. The van der Waals surface area contributed by atoms with Crippen molar-refractivity contribution in [1.29, 1.82) is 0 Å². The number of rotatable bonds is 5. The van der Waals surface area contributed by atoms with Gasteiger partial charge >= 0.3 is 0 Å². The lowest BCUT2D eigenvalue weighted by Gasteiger charge is -2.13. The summed E-state index contributed by atoms with van der Waals surface area (Å²) in [5, 5.41) is 0. The summed E-state index contributed by atoms with van der Waals surface area (Å²) in [6, 6.07) is 5.71. The highest BCUT2D eigenvalue weighted by Crippen LogP contribution is 2.29. The third-order valence-corrected chi connectivity index (χ3v) is 2.19. The molecule has 0 aliphatic rings. The minimum absolute atomic E-state index is 0.0101. The number of hydrogen-bond donors (Lipinski definition) is 1. The van der Waals surface area contributed by atoms with Gasteiger partial charge in [0.2, 0.25) is 0 Å². The fourth-order valence-corrected chi connectivity index (χ4v) is 1.29. The van der Waals surface area contributed by atoms with E-state index in [4.69, 9.17) is 15.2 Å². The highest BCUT2D eigenvalue weighted by Gasteiger charge is 2.07. The van der Waals surface area contributed by atoms with Gasteiger partial charge < -0.3 is 15.2 Å². The van der Waals surface area contributed by atoms with Crippen LogP contribution >= 0.6 is 0 Å². The third-order valence-electron chi connectivity index (χ3n) is 2.19. The van der Waals surface area contributed by atoms with Crippen LogP contribution in [0.15, 0.2) is 30.4 Å². The Morgan fingerprint density at radius 1 is 1.44 bits per heavy atom. The van der Waals surface area contributed by atoms with E-state index in [-0.39, 0.29) is 6.04 Å². The van der Waals surface area contributed by atoms with Crippen LogP contribution in [0.2, 0.25) is 0 Å². The minimum atomic E-state index is -0.0101. The van der Waals surface area contributed by atoms with Gasteiger partial charge in [0, 0.05) is 6.04 Å². The van der Waals surface area contributed by atoms with E-state index >= 15 is 0 Å². The maximum atomic E-state index is 5.80. The van der Waals surface area contributed by atoms with Gasteiger partial charge in [0.05, 0.1) is 7.11 Å². The summed E-state index contributed by atoms with van der Waals surface area (Å²) in [6.07, 6.45) is 0. The molecule has 0 fully saturated rings.